The van der Waals surface area contributed by atoms with E-state index in [1.165, 1.54) is 5.56 Å². The summed E-state index contributed by atoms with van der Waals surface area (Å²) in [6, 6.07) is 10.4. The molecule has 7 heteroatoms. The molecule has 0 radical (unpaired) electrons. The quantitative estimate of drug-likeness (QED) is 0.486. The Morgan fingerprint density at radius 1 is 0.792 bits per heavy atom. The Labute approximate surface area is 175 Å². The third-order valence-electron chi connectivity index (χ3n) is 3.37. The van der Waals surface area contributed by atoms with E-state index in [0.717, 1.165) is 75.4 Å². The Hall–Kier alpha value is 0.639. The van der Waals surface area contributed by atoms with Crippen molar-refractivity contribution >= 4 is 37.9 Å². The monoisotopic (exact) mass is 470 g/mol. The van der Waals surface area contributed by atoms with Gasteiger partial charge in [0.15, 0.2) is 0 Å². The SMILES string of the molecule is CCN(CC)CC[S-].[O]=[Tc+3].[S-]CCN(CC[S-])Cc1ccccc1. The summed E-state index contributed by atoms with van der Waals surface area (Å²) in [5.74, 6) is 2.42. The maximum atomic E-state index is 8.22. The van der Waals surface area contributed by atoms with Crippen LogP contribution in [-0.2, 0) is 66.8 Å². The molecule has 0 fully saturated rings. The molecule has 0 aromatic heterocycles. The summed E-state index contributed by atoms with van der Waals surface area (Å²) in [5.41, 5.74) is 1.33. The van der Waals surface area contributed by atoms with Crippen LogP contribution in [-0.4, -0.2) is 59.8 Å². The normalized spacial score (nSPS) is 9.92. The molecule has 0 spiro atoms. The molecule has 1 rings (SSSR count). The van der Waals surface area contributed by atoms with E-state index in [1.54, 1.807) is 0 Å². The summed E-state index contributed by atoms with van der Waals surface area (Å²) in [7, 11) is 0. The smallest absolute Gasteiger partial charge is 0.0232 e. The molecule has 0 aliphatic carbocycles. The second-order valence-electron chi connectivity index (χ2n) is 4.90. The third kappa shape index (κ3) is 16.1. The molecule has 0 amide bonds. The Bertz CT molecular complexity index is 351. The number of hydrogen-bond acceptors (Lipinski definition) is 6. The molecule has 1 aromatic rings. The van der Waals surface area contributed by atoms with Crippen LogP contribution in [0.4, 0.5) is 0 Å². The van der Waals surface area contributed by atoms with E-state index in [-0.39, 0.29) is 0 Å². The number of rotatable bonds is 10. The summed E-state index contributed by atoms with van der Waals surface area (Å²) in [4.78, 5) is 4.64. The average molecular weight is 472 g/mol. The van der Waals surface area contributed by atoms with Crippen molar-refractivity contribution in [2.24, 2.45) is 0 Å². The van der Waals surface area contributed by atoms with Gasteiger partial charge in [0, 0.05) is 6.54 Å². The zero-order chi connectivity index (χ0) is 18.6. The van der Waals surface area contributed by atoms with Gasteiger partial charge in [0.2, 0.25) is 0 Å². The van der Waals surface area contributed by atoms with Crippen molar-refractivity contribution in [3.63, 3.8) is 0 Å². The first-order valence-corrected chi connectivity index (χ1v) is 10.6. The van der Waals surface area contributed by atoms with Crippen LogP contribution in [0.2, 0.25) is 0 Å². The van der Waals surface area contributed by atoms with E-state index in [2.05, 4.69) is 47.9 Å². The molecule has 0 heterocycles. The zero-order valence-electron chi connectivity index (χ0n) is 14.7. The van der Waals surface area contributed by atoms with Crippen molar-refractivity contribution in [2.45, 2.75) is 20.4 Å². The fraction of sp³-hybridized carbons (Fsp3) is 0.647. The van der Waals surface area contributed by atoms with Crippen LogP contribution in [0.5, 0.6) is 0 Å². The average Bonchev–Trinajstić information content (AvgIpc) is 2.63. The van der Waals surface area contributed by atoms with Crippen molar-refractivity contribution in [3.05, 3.63) is 35.9 Å². The van der Waals surface area contributed by atoms with E-state index in [0.29, 0.717) is 0 Å². The molecule has 24 heavy (non-hydrogen) atoms. The zero-order valence-corrected chi connectivity index (χ0v) is 19.0. The van der Waals surface area contributed by atoms with Crippen LogP contribution in [0.25, 0.3) is 0 Å². The van der Waals surface area contributed by atoms with Crippen molar-refractivity contribution in [3.8, 4) is 0 Å². The summed E-state index contributed by atoms with van der Waals surface area (Å²) >= 11 is 15.7. The number of benzene rings is 1. The molecule has 0 unspecified atom stereocenters. The molecule has 0 bridgehead atoms. The van der Waals surface area contributed by atoms with Gasteiger partial charge < -0.3 is 47.7 Å². The van der Waals surface area contributed by atoms with Gasteiger partial charge in [-0.25, -0.2) is 0 Å². The molecular formula is C17H29N2OS3Tc. The van der Waals surface area contributed by atoms with E-state index >= 15 is 0 Å². The van der Waals surface area contributed by atoms with Crippen LogP contribution >= 0.6 is 0 Å². The van der Waals surface area contributed by atoms with Crippen molar-refractivity contribution in [2.75, 3.05) is 50.0 Å². The molecule has 0 aliphatic rings. The van der Waals surface area contributed by atoms with E-state index < -0.39 is 0 Å². The number of nitrogens with zero attached hydrogens (tertiary/aromatic N) is 2. The van der Waals surface area contributed by atoms with E-state index in [4.69, 9.17) is 41.4 Å². The van der Waals surface area contributed by atoms with Crippen LogP contribution in [0.1, 0.15) is 19.4 Å². The fourth-order valence-electron chi connectivity index (χ4n) is 2.04. The minimum atomic E-state index is 0.780. The Balaban J connectivity index is 0. The Morgan fingerprint density at radius 3 is 1.54 bits per heavy atom. The Kier molecular flexibility index (Phi) is 24.3. The standard InChI is InChI=1S/C11H17NS2.C6H15NS.O.Tc/c13-8-6-12(7-9-14)10-11-4-2-1-3-5-11;1-3-7(4-2)5-6-8;;/h1-5,13-14H,6-10H2;8H,3-6H2,1-2H3;;/q;;;+3/p-3. The van der Waals surface area contributed by atoms with E-state index in [9.17, 15) is 0 Å². The van der Waals surface area contributed by atoms with Crippen LogP contribution < -0.4 is 0 Å². The molecule has 0 saturated carbocycles. The van der Waals surface area contributed by atoms with Crippen molar-refractivity contribution in [1.82, 2.24) is 9.80 Å². The fourth-order valence-corrected chi connectivity index (χ4v) is 2.81. The summed E-state index contributed by atoms with van der Waals surface area (Å²) in [5, 5.41) is 0. The largest absolute Gasteiger partial charge is 0.791 e. The first-order chi connectivity index (χ1) is 11.7. The maximum Gasteiger partial charge on any atom is 0.0232 e. The van der Waals surface area contributed by atoms with Crippen LogP contribution in [0, 0.1) is 0 Å². The third-order valence-corrected chi connectivity index (χ3v) is 3.91. The summed E-state index contributed by atoms with van der Waals surface area (Å²) in [6.45, 7) is 10.5. The number of hydrogen-bond donors (Lipinski definition) is 0. The Morgan fingerprint density at radius 2 is 1.21 bits per heavy atom. The molecule has 0 N–H and O–H groups in total. The van der Waals surface area contributed by atoms with Gasteiger partial charge in [-0.3, -0.25) is 0 Å². The molecule has 0 aliphatic heterocycles. The van der Waals surface area contributed by atoms with Crippen molar-refractivity contribution < 1.29 is 22.4 Å². The van der Waals surface area contributed by atoms with Crippen LogP contribution in [0.3, 0.4) is 0 Å². The van der Waals surface area contributed by atoms with Crippen molar-refractivity contribution in [1.29, 1.82) is 0 Å². The van der Waals surface area contributed by atoms with Gasteiger partial charge >= 0.3 is 22.4 Å². The molecule has 138 valence electrons. The second-order valence-corrected chi connectivity index (χ2v) is 6.13. The van der Waals surface area contributed by atoms with Crippen LogP contribution in [0.15, 0.2) is 30.3 Å². The summed E-state index contributed by atoms with van der Waals surface area (Å²) < 4.78 is 8.22. The predicted molar refractivity (Wildman–Crippen MR) is 107 cm³/mol. The van der Waals surface area contributed by atoms with Gasteiger partial charge in [0.1, 0.15) is 0 Å². The van der Waals surface area contributed by atoms with Gasteiger partial charge in [-0.15, -0.1) is 0 Å². The second kappa shape index (κ2) is 21.7. The molecule has 3 nitrogen and oxygen atoms in total. The first-order valence-electron chi connectivity index (χ1n) is 8.10. The van der Waals surface area contributed by atoms with Gasteiger partial charge in [-0.1, -0.05) is 44.2 Å². The predicted octanol–water partition coefficient (Wildman–Crippen LogP) is 2.34. The first kappa shape index (κ1) is 26.9. The topological polar surface area (TPSA) is 23.6 Å². The van der Waals surface area contributed by atoms with Gasteiger partial charge in [-0.2, -0.15) is 17.3 Å². The van der Waals surface area contributed by atoms with Gasteiger partial charge in [-0.05, 0) is 38.3 Å². The maximum absolute atomic E-state index is 8.22. The van der Waals surface area contributed by atoms with Gasteiger partial charge in [0.05, 0.1) is 0 Å². The molecule has 0 atom stereocenters. The minimum absolute atomic E-state index is 0.780. The molecular weight excluding hydrogens is 442 g/mol. The summed E-state index contributed by atoms with van der Waals surface area (Å²) in [6.07, 6.45) is 0. The minimum Gasteiger partial charge on any atom is -0.791 e. The molecule has 1 aromatic carbocycles. The molecule has 0 saturated heterocycles. The van der Waals surface area contributed by atoms with E-state index in [1.807, 2.05) is 6.07 Å². The van der Waals surface area contributed by atoms with Gasteiger partial charge in [0.25, 0.3) is 0 Å².